The van der Waals surface area contributed by atoms with Crippen molar-refractivity contribution in [1.82, 2.24) is 19.7 Å². The molecular formula is C19H19FN4O2. The average molecular weight is 354 g/mol. The monoisotopic (exact) mass is 354 g/mol. The molecule has 0 radical (unpaired) electrons. The second-order valence-electron chi connectivity index (χ2n) is 6.72. The van der Waals surface area contributed by atoms with Crippen LogP contribution < -0.4 is 5.32 Å². The van der Waals surface area contributed by atoms with Gasteiger partial charge in [0.25, 0.3) is 5.91 Å². The van der Waals surface area contributed by atoms with Gasteiger partial charge in [-0.25, -0.2) is 14.4 Å². The predicted molar refractivity (Wildman–Crippen MR) is 93.1 cm³/mol. The number of hydrogen-bond acceptors (Lipinski definition) is 4. The van der Waals surface area contributed by atoms with Crippen LogP contribution in [0.3, 0.4) is 0 Å². The van der Waals surface area contributed by atoms with E-state index in [2.05, 4.69) is 15.3 Å². The maximum Gasteiger partial charge on any atom is 0.270 e. The third kappa shape index (κ3) is 2.94. The summed E-state index contributed by atoms with van der Waals surface area (Å²) in [6.45, 7) is 1.77. The molecule has 0 saturated heterocycles. The van der Waals surface area contributed by atoms with Crippen molar-refractivity contribution in [2.45, 2.75) is 31.9 Å². The summed E-state index contributed by atoms with van der Waals surface area (Å²) in [5.74, 6) is -0.0144. The van der Waals surface area contributed by atoms with Gasteiger partial charge in [0.1, 0.15) is 11.5 Å². The standard InChI is InChI=1S/C19H19FN4O2/c1-11-17(24-8-2-7-21-19(24)22-11)18(26)23-16(13-9-15(25)10-13)12-3-5-14(20)6-4-12/h2-8,13,15-16,25H,9-10H2,1H3,(H,23,26). The molecule has 1 atom stereocenters. The van der Waals surface area contributed by atoms with Gasteiger partial charge in [-0.05, 0) is 49.4 Å². The molecule has 1 aromatic carbocycles. The SMILES string of the molecule is Cc1nc2ncccn2c1C(=O)NC(c1ccc(F)cc1)C1CC(O)C1. The summed E-state index contributed by atoms with van der Waals surface area (Å²) >= 11 is 0. The normalized spacial score (nSPS) is 20.6. The highest BCUT2D eigenvalue weighted by molar-refractivity contribution is 5.94. The number of imidazole rings is 1. The van der Waals surface area contributed by atoms with E-state index < -0.39 is 0 Å². The van der Waals surface area contributed by atoms with Crippen LogP contribution in [0.25, 0.3) is 5.78 Å². The largest absolute Gasteiger partial charge is 0.393 e. The van der Waals surface area contributed by atoms with Crippen molar-refractivity contribution in [3.05, 3.63) is 65.5 Å². The fraction of sp³-hybridized carbons (Fsp3) is 0.316. The number of nitrogens with one attached hydrogen (secondary N) is 1. The number of aromatic nitrogens is 3. The molecule has 134 valence electrons. The Morgan fingerprint density at radius 3 is 2.77 bits per heavy atom. The Balaban J connectivity index is 1.65. The van der Waals surface area contributed by atoms with Gasteiger partial charge in [-0.2, -0.15) is 0 Å². The number of aliphatic hydroxyl groups excluding tert-OH is 1. The van der Waals surface area contributed by atoms with Gasteiger partial charge in [-0.15, -0.1) is 0 Å². The van der Waals surface area contributed by atoms with Gasteiger partial charge in [0.05, 0.1) is 17.8 Å². The zero-order chi connectivity index (χ0) is 18.3. The number of benzene rings is 1. The third-order valence-electron chi connectivity index (χ3n) is 4.93. The lowest BCUT2D eigenvalue weighted by molar-refractivity contribution is 0.0234. The number of halogens is 1. The predicted octanol–water partition coefficient (Wildman–Crippen LogP) is 2.42. The number of fused-ring (bicyclic) bond motifs is 1. The lowest BCUT2D eigenvalue weighted by atomic mass is 9.75. The number of nitrogens with zero attached hydrogens (tertiary/aromatic N) is 3. The van der Waals surface area contributed by atoms with Crippen LogP contribution in [0.2, 0.25) is 0 Å². The van der Waals surface area contributed by atoms with E-state index in [9.17, 15) is 14.3 Å². The summed E-state index contributed by atoms with van der Waals surface area (Å²) in [6.07, 6.45) is 4.24. The van der Waals surface area contributed by atoms with E-state index in [0.29, 0.717) is 30.0 Å². The van der Waals surface area contributed by atoms with Crippen LogP contribution in [0.1, 0.15) is 40.6 Å². The molecule has 26 heavy (non-hydrogen) atoms. The summed E-state index contributed by atoms with van der Waals surface area (Å²) < 4.78 is 14.9. The van der Waals surface area contributed by atoms with Crippen molar-refractivity contribution < 1.29 is 14.3 Å². The number of carbonyl (C=O) groups is 1. The molecule has 1 fully saturated rings. The Bertz CT molecular complexity index is 948. The van der Waals surface area contributed by atoms with Gasteiger partial charge in [-0.3, -0.25) is 9.20 Å². The van der Waals surface area contributed by atoms with E-state index in [1.54, 1.807) is 41.9 Å². The number of aliphatic hydroxyl groups is 1. The molecule has 7 heteroatoms. The minimum Gasteiger partial charge on any atom is -0.393 e. The molecule has 1 aliphatic carbocycles. The Labute approximate surface area is 149 Å². The molecule has 1 amide bonds. The molecule has 2 aromatic heterocycles. The van der Waals surface area contributed by atoms with Gasteiger partial charge in [0.15, 0.2) is 0 Å². The molecule has 1 aliphatic rings. The Morgan fingerprint density at radius 1 is 1.35 bits per heavy atom. The highest BCUT2D eigenvalue weighted by atomic mass is 19.1. The lowest BCUT2D eigenvalue weighted by Crippen LogP contribution is -2.41. The smallest absolute Gasteiger partial charge is 0.270 e. The van der Waals surface area contributed by atoms with Gasteiger partial charge < -0.3 is 10.4 Å². The van der Waals surface area contributed by atoms with Crippen molar-refractivity contribution >= 4 is 11.7 Å². The molecule has 4 rings (SSSR count). The van der Waals surface area contributed by atoms with E-state index >= 15 is 0 Å². The number of rotatable bonds is 4. The Hall–Kier alpha value is -2.80. The molecule has 1 unspecified atom stereocenters. The molecule has 2 heterocycles. The van der Waals surface area contributed by atoms with Crippen LogP contribution in [-0.4, -0.2) is 31.5 Å². The maximum absolute atomic E-state index is 13.3. The summed E-state index contributed by atoms with van der Waals surface area (Å²) in [7, 11) is 0. The second-order valence-corrected chi connectivity index (χ2v) is 6.72. The zero-order valence-corrected chi connectivity index (χ0v) is 14.3. The van der Waals surface area contributed by atoms with E-state index in [1.807, 2.05) is 0 Å². The third-order valence-corrected chi connectivity index (χ3v) is 4.93. The summed E-state index contributed by atoms with van der Waals surface area (Å²) in [5, 5.41) is 12.7. The highest BCUT2D eigenvalue weighted by Crippen LogP contribution is 2.38. The summed E-state index contributed by atoms with van der Waals surface area (Å²) in [6, 6.07) is 7.56. The van der Waals surface area contributed by atoms with Crippen LogP contribution >= 0.6 is 0 Å². The minimum absolute atomic E-state index is 0.108. The topological polar surface area (TPSA) is 79.5 Å². The number of carbonyl (C=O) groups excluding carboxylic acids is 1. The molecule has 0 spiro atoms. The first kappa shape index (κ1) is 16.7. The van der Waals surface area contributed by atoms with Crippen molar-refractivity contribution in [1.29, 1.82) is 0 Å². The highest BCUT2D eigenvalue weighted by Gasteiger charge is 2.36. The molecule has 6 nitrogen and oxygen atoms in total. The van der Waals surface area contributed by atoms with E-state index in [4.69, 9.17) is 0 Å². The summed E-state index contributed by atoms with van der Waals surface area (Å²) in [4.78, 5) is 21.5. The first-order valence-corrected chi connectivity index (χ1v) is 8.57. The molecule has 2 N–H and O–H groups in total. The van der Waals surface area contributed by atoms with E-state index in [1.165, 1.54) is 12.1 Å². The van der Waals surface area contributed by atoms with Gasteiger partial charge in [0.2, 0.25) is 5.78 Å². The lowest BCUT2D eigenvalue weighted by Gasteiger charge is -2.38. The van der Waals surface area contributed by atoms with Gasteiger partial charge in [-0.1, -0.05) is 12.1 Å². The molecular weight excluding hydrogens is 335 g/mol. The van der Waals surface area contributed by atoms with Crippen LogP contribution in [0.4, 0.5) is 4.39 Å². The molecule has 1 saturated carbocycles. The fourth-order valence-corrected chi connectivity index (χ4v) is 3.53. The number of hydrogen-bond donors (Lipinski definition) is 2. The van der Waals surface area contributed by atoms with Crippen LogP contribution in [-0.2, 0) is 0 Å². The fourth-order valence-electron chi connectivity index (χ4n) is 3.53. The molecule has 0 aliphatic heterocycles. The summed E-state index contributed by atoms with van der Waals surface area (Å²) in [5.41, 5.74) is 1.84. The average Bonchev–Trinajstić information content (AvgIpc) is 2.94. The Morgan fingerprint density at radius 2 is 2.08 bits per heavy atom. The van der Waals surface area contributed by atoms with Crippen LogP contribution in [0.5, 0.6) is 0 Å². The van der Waals surface area contributed by atoms with Crippen molar-refractivity contribution in [2.24, 2.45) is 5.92 Å². The van der Waals surface area contributed by atoms with E-state index in [-0.39, 0.29) is 29.8 Å². The molecule has 3 aromatic rings. The van der Waals surface area contributed by atoms with Gasteiger partial charge >= 0.3 is 0 Å². The first-order chi connectivity index (χ1) is 12.5. The van der Waals surface area contributed by atoms with Gasteiger partial charge in [0, 0.05) is 12.4 Å². The first-order valence-electron chi connectivity index (χ1n) is 8.57. The maximum atomic E-state index is 13.3. The van der Waals surface area contributed by atoms with Crippen molar-refractivity contribution in [3.8, 4) is 0 Å². The number of amides is 1. The Kier molecular flexibility index (Phi) is 4.16. The minimum atomic E-state index is -0.346. The van der Waals surface area contributed by atoms with Crippen LogP contribution in [0, 0.1) is 18.7 Å². The molecule has 0 bridgehead atoms. The second kappa shape index (κ2) is 6.49. The number of aryl methyl sites for hydroxylation is 1. The van der Waals surface area contributed by atoms with Crippen LogP contribution in [0.15, 0.2) is 42.7 Å². The van der Waals surface area contributed by atoms with Crippen molar-refractivity contribution in [3.63, 3.8) is 0 Å². The van der Waals surface area contributed by atoms with Crippen molar-refractivity contribution in [2.75, 3.05) is 0 Å². The van der Waals surface area contributed by atoms with E-state index in [0.717, 1.165) is 5.56 Å². The zero-order valence-electron chi connectivity index (χ0n) is 14.3. The quantitative estimate of drug-likeness (QED) is 0.754.